The minimum Gasteiger partial charge on any atom is -0.481 e. The third kappa shape index (κ3) is 3.34. The molecule has 0 aliphatic heterocycles. The second-order valence-corrected chi connectivity index (χ2v) is 3.75. The Bertz CT molecular complexity index is 306. The fraction of sp³-hybridized carbons (Fsp3) is 0.167. The van der Waals surface area contributed by atoms with Crippen LogP contribution >= 0.6 is 23.6 Å². The smallest absolute Gasteiger partial charge is 0.308 e. The van der Waals surface area contributed by atoms with Crippen molar-refractivity contribution in [2.75, 3.05) is 5.32 Å². The topological polar surface area (TPSA) is 88.2 Å². The number of nitrogens with one attached hydrogen (secondary N) is 1. The minimum atomic E-state index is -0.884. The Kier molecular flexibility index (Phi) is 3.15. The lowest BCUT2D eigenvalue weighted by Gasteiger charge is -1.95. The quantitative estimate of drug-likeness (QED) is 0.636. The van der Waals surface area contributed by atoms with Gasteiger partial charge in [-0.25, -0.2) is 4.98 Å². The number of thiocarbonyl (C=S) groups is 1. The summed E-state index contributed by atoms with van der Waals surface area (Å²) in [5, 5.41) is 11.7. The monoisotopic (exact) mass is 217 g/mol. The van der Waals surface area contributed by atoms with Crippen molar-refractivity contribution in [1.82, 2.24) is 4.98 Å². The number of carbonyl (C=O) groups is 1. The van der Waals surface area contributed by atoms with Gasteiger partial charge in [-0.05, 0) is 12.2 Å². The Balaban J connectivity index is 2.63. The van der Waals surface area contributed by atoms with Gasteiger partial charge in [0.05, 0.1) is 6.42 Å². The van der Waals surface area contributed by atoms with Crippen LogP contribution in [0.1, 0.15) is 4.88 Å². The van der Waals surface area contributed by atoms with Crippen molar-refractivity contribution < 1.29 is 9.90 Å². The molecule has 0 atom stereocenters. The lowest BCUT2D eigenvalue weighted by atomic mass is 10.4. The number of carboxylic acid groups (broad SMARTS) is 1. The summed E-state index contributed by atoms with van der Waals surface area (Å²) in [6.07, 6.45) is 1.45. The Morgan fingerprint density at radius 1 is 1.85 bits per heavy atom. The molecule has 13 heavy (non-hydrogen) atoms. The van der Waals surface area contributed by atoms with Crippen LogP contribution in [0.4, 0.5) is 5.13 Å². The molecular weight excluding hydrogens is 210 g/mol. The van der Waals surface area contributed by atoms with Crippen LogP contribution in [-0.4, -0.2) is 21.2 Å². The summed E-state index contributed by atoms with van der Waals surface area (Å²) in [6, 6.07) is 0. The summed E-state index contributed by atoms with van der Waals surface area (Å²) >= 11 is 5.81. The number of aliphatic carboxylic acids is 1. The van der Waals surface area contributed by atoms with Gasteiger partial charge in [-0.15, -0.1) is 11.3 Å². The summed E-state index contributed by atoms with van der Waals surface area (Å²) in [7, 11) is 0. The predicted octanol–water partition coefficient (Wildman–Crippen LogP) is 0.426. The molecule has 0 saturated heterocycles. The molecule has 70 valence electrons. The van der Waals surface area contributed by atoms with E-state index in [-0.39, 0.29) is 11.5 Å². The molecule has 1 aromatic rings. The SMILES string of the molecule is NC(=S)Nc1ncc(CC(=O)O)s1. The van der Waals surface area contributed by atoms with E-state index in [0.29, 0.717) is 10.0 Å². The van der Waals surface area contributed by atoms with Crippen molar-refractivity contribution in [2.45, 2.75) is 6.42 Å². The van der Waals surface area contributed by atoms with Crippen molar-refractivity contribution in [3.05, 3.63) is 11.1 Å². The van der Waals surface area contributed by atoms with Crippen molar-refractivity contribution in [3.8, 4) is 0 Å². The van der Waals surface area contributed by atoms with Crippen LogP contribution in [0, 0.1) is 0 Å². The van der Waals surface area contributed by atoms with Gasteiger partial charge in [-0.2, -0.15) is 0 Å². The van der Waals surface area contributed by atoms with E-state index in [1.807, 2.05) is 0 Å². The first kappa shape index (κ1) is 9.87. The maximum Gasteiger partial charge on any atom is 0.308 e. The molecule has 0 aliphatic rings. The van der Waals surface area contributed by atoms with Crippen molar-refractivity contribution in [3.63, 3.8) is 0 Å². The van der Waals surface area contributed by atoms with E-state index in [1.54, 1.807) is 0 Å². The third-order valence-corrected chi connectivity index (χ3v) is 2.12. The molecule has 1 rings (SSSR count). The minimum absolute atomic E-state index is 0.0311. The number of hydrogen-bond donors (Lipinski definition) is 3. The number of carboxylic acids is 1. The van der Waals surface area contributed by atoms with Crippen LogP contribution in [-0.2, 0) is 11.2 Å². The highest BCUT2D eigenvalue weighted by molar-refractivity contribution is 7.80. The third-order valence-electron chi connectivity index (χ3n) is 1.11. The molecule has 0 saturated carbocycles. The average molecular weight is 217 g/mol. The fourth-order valence-electron chi connectivity index (χ4n) is 0.701. The molecule has 0 bridgehead atoms. The predicted molar refractivity (Wildman–Crippen MR) is 53.9 cm³/mol. The number of aromatic nitrogens is 1. The van der Waals surface area contributed by atoms with E-state index in [2.05, 4.69) is 22.5 Å². The summed E-state index contributed by atoms with van der Waals surface area (Å²) in [4.78, 5) is 14.9. The van der Waals surface area contributed by atoms with Gasteiger partial charge in [-0.1, -0.05) is 0 Å². The van der Waals surface area contributed by atoms with Gasteiger partial charge < -0.3 is 16.2 Å². The van der Waals surface area contributed by atoms with Crippen LogP contribution in [0.2, 0.25) is 0 Å². The van der Waals surface area contributed by atoms with E-state index in [0.717, 1.165) is 0 Å². The highest BCUT2D eigenvalue weighted by Crippen LogP contribution is 2.17. The standard InChI is InChI=1S/C6H7N3O2S2/c7-5(12)9-6-8-2-3(13-6)1-4(10)11/h2H,1H2,(H,10,11)(H3,7,8,9,12). The van der Waals surface area contributed by atoms with Crippen LogP contribution < -0.4 is 11.1 Å². The summed E-state index contributed by atoms with van der Waals surface area (Å²) in [6.45, 7) is 0. The van der Waals surface area contributed by atoms with Gasteiger partial charge in [0.25, 0.3) is 0 Å². The van der Waals surface area contributed by atoms with Gasteiger partial charge in [0, 0.05) is 11.1 Å². The number of nitrogens with two attached hydrogens (primary N) is 1. The molecule has 5 nitrogen and oxygen atoms in total. The molecule has 0 amide bonds. The molecular formula is C6H7N3O2S2. The zero-order valence-corrected chi connectivity index (χ0v) is 8.11. The molecule has 0 radical (unpaired) electrons. The van der Waals surface area contributed by atoms with Crippen LogP contribution in [0.5, 0.6) is 0 Å². The Labute approximate surface area is 83.6 Å². The van der Waals surface area contributed by atoms with Crippen LogP contribution in [0.15, 0.2) is 6.20 Å². The molecule has 0 fully saturated rings. The van der Waals surface area contributed by atoms with Gasteiger partial charge in [0.2, 0.25) is 0 Å². The number of hydrogen-bond acceptors (Lipinski definition) is 4. The molecule has 0 unspecified atom stereocenters. The van der Waals surface area contributed by atoms with E-state index in [4.69, 9.17) is 10.8 Å². The lowest BCUT2D eigenvalue weighted by Crippen LogP contribution is -2.18. The highest BCUT2D eigenvalue weighted by atomic mass is 32.1. The molecule has 4 N–H and O–H groups in total. The molecule has 0 aromatic carbocycles. The summed E-state index contributed by atoms with van der Waals surface area (Å²) in [5.74, 6) is -0.884. The lowest BCUT2D eigenvalue weighted by molar-refractivity contribution is -0.136. The first-order chi connectivity index (χ1) is 6.08. The normalized spacial score (nSPS) is 9.54. The second-order valence-electron chi connectivity index (χ2n) is 2.19. The molecule has 7 heteroatoms. The van der Waals surface area contributed by atoms with Gasteiger partial charge in [0.15, 0.2) is 10.2 Å². The average Bonchev–Trinajstić information content (AvgIpc) is 2.33. The van der Waals surface area contributed by atoms with Crippen molar-refractivity contribution in [2.24, 2.45) is 5.73 Å². The van der Waals surface area contributed by atoms with Crippen molar-refractivity contribution >= 4 is 39.8 Å². The Hall–Kier alpha value is -1.21. The van der Waals surface area contributed by atoms with E-state index >= 15 is 0 Å². The second kappa shape index (κ2) is 4.15. The zero-order valence-electron chi connectivity index (χ0n) is 6.48. The molecule has 1 aromatic heterocycles. The van der Waals surface area contributed by atoms with E-state index in [9.17, 15) is 4.79 Å². The number of thiazole rings is 1. The Morgan fingerprint density at radius 3 is 3.08 bits per heavy atom. The number of rotatable bonds is 3. The van der Waals surface area contributed by atoms with E-state index < -0.39 is 5.97 Å². The fourth-order valence-corrected chi connectivity index (χ4v) is 1.68. The van der Waals surface area contributed by atoms with Gasteiger partial charge in [0.1, 0.15) is 0 Å². The number of anilines is 1. The zero-order chi connectivity index (χ0) is 9.84. The first-order valence-electron chi connectivity index (χ1n) is 3.31. The van der Waals surface area contributed by atoms with Crippen LogP contribution in [0.25, 0.3) is 0 Å². The van der Waals surface area contributed by atoms with Crippen LogP contribution in [0.3, 0.4) is 0 Å². The van der Waals surface area contributed by atoms with Crippen molar-refractivity contribution in [1.29, 1.82) is 0 Å². The summed E-state index contributed by atoms with van der Waals surface area (Å²) < 4.78 is 0. The molecule has 0 aliphatic carbocycles. The largest absolute Gasteiger partial charge is 0.481 e. The molecule has 0 spiro atoms. The maximum absolute atomic E-state index is 10.3. The highest BCUT2D eigenvalue weighted by Gasteiger charge is 2.05. The number of nitrogens with zero attached hydrogens (tertiary/aromatic N) is 1. The Morgan fingerprint density at radius 2 is 2.54 bits per heavy atom. The van der Waals surface area contributed by atoms with Gasteiger partial charge in [-0.3, -0.25) is 4.79 Å². The maximum atomic E-state index is 10.3. The first-order valence-corrected chi connectivity index (χ1v) is 4.53. The molecule has 1 heterocycles. The van der Waals surface area contributed by atoms with Gasteiger partial charge >= 0.3 is 5.97 Å². The van der Waals surface area contributed by atoms with E-state index in [1.165, 1.54) is 17.5 Å². The summed E-state index contributed by atoms with van der Waals surface area (Å²) in [5.41, 5.74) is 5.21.